The predicted octanol–water partition coefficient (Wildman–Crippen LogP) is 5.14. The highest BCUT2D eigenvalue weighted by Gasteiger charge is 2.25. The smallest absolute Gasteiger partial charge is 0.272 e. The van der Waals surface area contributed by atoms with Crippen LogP contribution in [0.2, 0.25) is 0 Å². The molecule has 0 radical (unpaired) electrons. The lowest BCUT2D eigenvalue weighted by Crippen LogP contribution is -2.39. The number of benzene rings is 3. The summed E-state index contributed by atoms with van der Waals surface area (Å²) in [6, 6.07) is 20.6. The second-order valence-corrected chi connectivity index (χ2v) is 8.77. The molecule has 3 aromatic carbocycles. The van der Waals surface area contributed by atoms with E-state index < -0.39 is 12.1 Å². The molecule has 2 aromatic heterocycles. The molecule has 8 nitrogen and oxygen atoms in total. The number of nitrogens with one attached hydrogen (secondary N) is 2. The number of aromatic nitrogens is 4. The van der Waals surface area contributed by atoms with E-state index in [1.165, 1.54) is 12.1 Å². The lowest BCUT2D eigenvalue weighted by atomic mass is 10.0. The standard InChI is InChI=1S/C28H26FN5O3/c1-17-13-25(33-32-17)28(35)31-18(2)27(19-5-4-6-23(14-19)36-3)37-24-11-12-26-20(15-24)16-30-34(26)22-9-7-21(29)8-10-22/h4-16,18,27H,1-3H3,(H,31,35)(H,32,33)/t18-,27+/m0/s1. The molecule has 0 aliphatic carbocycles. The van der Waals surface area contributed by atoms with Crippen molar-refractivity contribution in [3.05, 3.63) is 102 Å². The number of rotatable bonds is 8. The molecule has 188 valence electrons. The molecule has 0 saturated carbocycles. The van der Waals surface area contributed by atoms with Crippen LogP contribution >= 0.6 is 0 Å². The molecule has 0 spiro atoms. The number of hydrogen-bond acceptors (Lipinski definition) is 5. The number of H-pyrrole nitrogens is 1. The number of carbonyl (C=O) groups is 1. The van der Waals surface area contributed by atoms with Crippen molar-refractivity contribution in [1.82, 2.24) is 25.3 Å². The van der Waals surface area contributed by atoms with E-state index in [2.05, 4.69) is 20.6 Å². The van der Waals surface area contributed by atoms with Crippen LogP contribution in [0.15, 0.2) is 79.0 Å². The predicted molar refractivity (Wildman–Crippen MR) is 138 cm³/mol. The van der Waals surface area contributed by atoms with Crippen molar-refractivity contribution in [2.45, 2.75) is 26.0 Å². The maximum atomic E-state index is 13.4. The van der Waals surface area contributed by atoms with Gasteiger partial charge in [0, 0.05) is 11.1 Å². The summed E-state index contributed by atoms with van der Waals surface area (Å²) in [5, 5.41) is 15.2. The summed E-state index contributed by atoms with van der Waals surface area (Å²) in [6.07, 6.45) is 1.21. The largest absolute Gasteiger partial charge is 0.497 e. The minimum absolute atomic E-state index is 0.302. The average Bonchev–Trinajstić information content (AvgIpc) is 3.54. The fourth-order valence-corrected chi connectivity index (χ4v) is 4.19. The molecule has 2 N–H and O–H groups in total. The Morgan fingerprint density at radius 2 is 1.86 bits per heavy atom. The van der Waals surface area contributed by atoms with Gasteiger partial charge in [0.25, 0.3) is 5.91 Å². The maximum Gasteiger partial charge on any atom is 0.272 e. The third kappa shape index (κ3) is 5.16. The highest BCUT2D eigenvalue weighted by Crippen LogP contribution is 2.30. The lowest BCUT2D eigenvalue weighted by Gasteiger charge is -2.26. The van der Waals surface area contributed by atoms with Gasteiger partial charge in [0.1, 0.15) is 29.1 Å². The van der Waals surface area contributed by atoms with Crippen molar-refractivity contribution in [3.8, 4) is 17.2 Å². The fraction of sp³-hybridized carbons (Fsp3) is 0.179. The van der Waals surface area contributed by atoms with E-state index in [0.717, 1.165) is 27.8 Å². The van der Waals surface area contributed by atoms with Crippen LogP contribution in [0.3, 0.4) is 0 Å². The van der Waals surface area contributed by atoms with Gasteiger partial charge < -0.3 is 14.8 Å². The topological polar surface area (TPSA) is 94.1 Å². The first-order chi connectivity index (χ1) is 17.9. The monoisotopic (exact) mass is 499 g/mol. The molecule has 2 atom stereocenters. The van der Waals surface area contributed by atoms with Crippen molar-refractivity contribution in [3.63, 3.8) is 0 Å². The van der Waals surface area contributed by atoms with Crippen LogP contribution in [0.4, 0.5) is 4.39 Å². The number of hydrogen-bond donors (Lipinski definition) is 2. The number of methoxy groups -OCH3 is 1. The molecule has 37 heavy (non-hydrogen) atoms. The van der Waals surface area contributed by atoms with E-state index in [9.17, 15) is 9.18 Å². The van der Waals surface area contributed by atoms with Crippen LogP contribution in [-0.2, 0) is 0 Å². The van der Waals surface area contributed by atoms with Crippen LogP contribution in [0.1, 0.15) is 34.8 Å². The molecular formula is C28H26FN5O3. The summed E-state index contributed by atoms with van der Waals surface area (Å²) in [5.41, 5.74) is 3.56. The van der Waals surface area contributed by atoms with E-state index in [-0.39, 0.29) is 11.7 Å². The second kappa shape index (κ2) is 10.1. The van der Waals surface area contributed by atoms with Crippen molar-refractivity contribution in [1.29, 1.82) is 0 Å². The molecule has 0 fully saturated rings. The van der Waals surface area contributed by atoms with E-state index in [1.54, 1.807) is 36.2 Å². The Hall–Kier alpha value is -4.66. The zero-order valence-corrected chi connectivity index (χ0v) is 20.6. The first-order valence-corrected chi connectivity index (χ1v) is 11.8. The number of ether oxygens (including phenoxy) is 2. The molecule has 0 aliphatic heterocycles. The summed E-state index contributed by atoms with van der Waals surface area (Å²) >= 11 is 0. The van der Waals surface area contributed by atoms with Gasteiger partial charge in [0.2, 0.25) is 0 Å². The molecule has 0 aliphatic rings. The molecule has 2 heterocycles. The minimum atomic E-state index is -0.524. The molecule has 0 unspecified atom stereocenters. The van der Waals surface area contributed by atoms with E-state index in [4.69, 9.17) is 9.47 Å². The second-order valence-electron chi connectivity index (χ2n) is 8.77. The van der Waals surface area contributed by atoms with E-state index in [1.807, 2.05) is 56.3 Å². The van der Waals surface area contributed by atoms with Gasteiger partial charge >= 0.3 is 0 Å². The van der Waals surface area contributed by atoms with Crippen LogP contribution in [0, 0.1) is 12.7 Å². The quantitative estimate of drug-likeness (QED) is 0.308. The third-order valence-corrected chi connectivity index (χ3v) is 6.05. The Morgan fingerprint density at radius 3 is 2.59 bits per heavy atom. The van der Waals surface area contributed by atoms with Crippen LogP contribution in [0.25, 0.3) is 16.6 Å². The summed E-state index contributed by atoms with van der Waals surface area (Å²) in [7, 11) is 1.60. The summed E-state index contributed by atoms with van der Waals surface area (Å²) < 4.78 is 27.0. The third-order valence-electron chi connectivity index (χ3n) is 6.05. The number of carbonyl (C=O) groups excluding carboxylic acids is 1. The molecule has 0 bridgehead atoms. The Morgan fingerprint density at radius 1 is 1.05 bits per heavy atom. The Bertz CT molecular complexity index is 1540. The minimum Gasteiger partial charge on any atom is -0.497 e. The zero-order valence-electron chi connectivity index (χ0n) is 20.6. The van der Waals surface area contributed by atoms with Gasteiger partial charge in [0.05, 0.1) is 30.6 Å². The van der Waals surface area contributed by atoms with Gasteiger partial charge in [-0.05, 0) is 80.1 Å². The van der Waals surface area contributed by atoms with Gasteiger partial charge in [0.15, 0.2) is 0 Å². The number of aromatic amines is 1. The van der Waals surface area contributed by atoms with Crippen molar-refractivity contribution >= 4 is 16.8 Å². The maximum absolute atomic E-state index is 13.4. The molecule has 5 rings (SSSR count). The van der Waals surface area contributed by atoms with Gasteiger partial charge in [-0.1, -0.05) is 12.1 Å². The highest BCUT2D eigenvalue weighted by molar-refractivity contribution is 5.92. The Labute approximate surface area is 213 Å². The first kappa shape index (κ1) is 24.1. The SMILES string of the molecule is COc1cccc([C@H](Oc2ccc3c(cnn3-c3ccc(F)cc3)c2)[C@H](C)NC(=O)c2cc(C)[nH]n2)c1. The van der Waals surface area contributed by atoms with Crippen LogP contribution in [-0.4, -0.2) is 39.0 Å². The molecular weight excluding hydrogens is 473 g/mol. The molecule has 0 saturated heterocycles. The van der Waals surface area contributed by atoms with Crippen LogP contribution in [0.5, 0.6) is 11.5 Å². The number of aryl methyl sites for hydroxylation is 1. The van der Waals surface area contributed by atoms with Gasteiger partial charge in [-0.2, -0.15) is 10.2 Å². The van der Waals surface area contributed by atoms with Crippen molar-refractivity contribution in [2.75, 3.05) is 7.11 Å². The fourth-order valence-electron chi connectivity index (χ4n) is 4.19. The lowest BCUT2D eigenvalue weighted by molar-refractivity contribution is 0.0877. The van der Waals surface area contributed by atoms with Crippen molar-refractivity contribution < 1.29 is 18.7 Å². The molecule has 9 heteroatoms. The normalized spacial score (nSPS) is 12.8. The highest BCUT2D eigenvalue weighted by atomic mass is 19.1. The molecule has 1 amide bonds. The van der Waals surface area contributed by atoms with Gasteiger partial charge in [-0.3, -0.25) is 9.89 Å². The number of amides is 1. The Kier molecular flexibility index (Phi) is 6.59. The van der Waals surface area contributed by atoms with Gasteiger partial charge in [-0.25, -0.2) is 9.07 Å². The van der Waals surface area contributed by atoms with Crippen LogP contribution < -0.4 is 14.8 Å². The first-order valence-electron chi connectivity index (χ1n) is 11.8. The van der Waals surface area contributed by atoms with E-state index >= 15 is 0 Å². The number of fused-ring (bicyclic) bond motifs is 1. The molecule has 5 aromatic rings. The van der Waals surface area contributed by atoms with E-state index in [0.29, 0.717) is 17.2 Å². The number of nitrogens with zero attached hydrogens (tertiary/aromatic N) is 3. The summed E-state index contributed by atoms with van der Waals surface area (Å²) in [5.74, 6) is 0.687. The summed E-state index contributed by atoms with van der Waals surface area (Å²) in [4.78, 5) is 12.8. The summed E-state index contributed by atoms with van der Waals surface area (Å²) in [6.45, 7) is 3.72. The average molecular weight is 500 g/mol. The van der Waals surface area contributed by atoms with Gasteiger partial charge in [-0.15, -0.1) is 0 Å². The number of halogens is 1. The van der Waals surface area contributed by atoms with Crippen molar-refractivity contribution in [2.24, 2.45) is 0 Å². The zero-order chi connectivity index (χ0) is 25.9. The Balaban J connectivity index is 1.44.